The average molecular weight is 494 g/mol. The molecule has 9 heteroatoms. The van der Waals surface area contributed by atoms with Crippen molar-refractivity contribution in [2.45, 2.75) is 20.1 Å². The molecule has 1 aromatic carbocycles. The van der Waals surface area contributed by atoms with Crippen LogP contribution in [-0.2, 0) is 18.0 Å². The summed E-state index contributed by atoms with van der Waals surface area (Å²) in [5.41, 5.74) is 1.25. The van der Waals surface area contributed by atoms with Crippen molar-refractivity contribution in [3.8, 4) is 11.5 Å². The van der Waals surface area contributed by atoms with E-state index in [0.29, 0.717) is 40.8 Å². The summed E-state index contributed by atoms with van der Waals surface area (Å²) in [5, 5.41) is 2.95. The van der Waals surface area contributed by atoms with Gasteiger partial charge in [0.2, 0.25) is 0 Å². The molecule has 160 valence electrons. The fourth-order valence-corrected chi connectivity index (χ4v) is 5.30. The van der Waals surface area contributed by atoms with E-state index in [-0.39, 0.29) is 6.61 Å². The molecule has 0 aliphatic carbocycles. The number of aromatic nitrogens is 1. The van der Waals surface area contributed by atoms with Gasteiger partial charge in [-0.2, -0.15) is 0 Å². The van der Waals surface area contributed by atoms with Crippen molar-refractivity contribution in [3.05, 3.63) is 73.5 Å². The van der Waals surface area contributed by atoms with Gasteiger partial charge in [-0.1, -0.05) is 29.3 Å². The number of pyridine rings is 1. The normalized spacial score (nSPS) is 10.9. The summed E-state index contributed by atoms with van der Waals surface area (Å²) in [7, 11) is 0. The fourth-order valence-electron chi connectivity index (χ4n) is 2.92. The van der Waals surface area contributed by atoms with Gasteiger partial charge < -0.3 is 14.2 Å². The lowest BCUT2D eigenvalue weighted by Crippen LogP contribution is -2.05. The summed E-state index contributed by atoms with van der Waals surface area (Å²) in [4.78, 5) is 17.4. The number of hydrogen-bond acceptors (Lipinski definition) is 7. The van der Waals surface area contributed by atoms with Crippen LogP contribution in [0.1, 0.15) is 27.7 Å². The Morgan fingerprint density at radius 2 is 1.87 bits per heavy atom. The van der Waals surface area contributed by atoms with Crippen LogP contribution in [0.3, 0.4) is 0 Å². The maximum atomic E-state index is 12.2. The Labute approximate surface area is 197 Å². The lowest BCUT2D eigenvalue weighted by atomic mass is 10.2. The molecule has 0 radical (unpaired) electrons. The number of esters is 1. The van der Waals surface area contributed by atoms with E-state index in [9.17, 15) is 4.79 Å². The number of halogens is 2. The predicted octanol–water partition coefficient (Wildman–Crippen LogP) is 7.00. The SMILES string of the molecule is CCOC(=O)c1cnc(Cl)c2c(COc3cccc(OCc4ccc(Cl)s4)c3)csc12. The third kappa shape index (κ3) is 5.13. The highest BCUT2D eigenvalue weighted by Gasteiger charge is 2.18. The monoisotopic (exact) mass is 493 g/mol. The molecule has 0 amide bonds. The maximum absolute atomic E-state index is 12.2. The second-order valence-corrected chi connectivity index (χ2v) is 9.44. The molecule has 0 saturated carbocycles. The van der Waals surface area contributed by atoms with Crippen LogP contribution < -0.4 is 9.47 Å². The van der Waals surface area contributed by atoms with Gasteiger partial charge >= 0.3 is 5.97 Å². The highest BCUT2D eigenvalue weighted by atomic mass is 35.5. The first-order valence-electron chi connectivity index (χ1n) is 9.36. The first-order chi connectivity index (χ1) is 15.0. The minimum atomic E-state index is -0.414. The number of ether oxygens (including phenoxy) is 3. The maximum Gasteiger partial charge on any atom is 0.341 e. The molecule has 4 aromatic rings. The van der Waals surface area contributed by atoms with Crippen LogP contribution >= 0.6 is 45.9 Å². The Balaban J connectivity index is 1.48. The Hall–Kier alpha value is -2.32. The number of thiophene rings is 2. The van der Waals surface area contributed by atoms with Gasteiger partial charge in [0.1, 0.15) is 29.9 Å². The lowest BCUT2D eigenvalue weighted by molar-refractivity contribution is 0.0528. The zero-order chi connectivity index (χ0) is 21.8. The molecule has 3 heterocycles. The number of benzene rings is 1. The zero-order valence-electron chi connectivity index (χ0n) is 16.4. The Morgan fingerprint density at radius 1 is 1.10 bits per heavy atom. The first kappa shape index (κ1) is 21.9. The molecule has 0 aliphatic heterocycles. The highest BCUT2D eigenvalue weighted by Crippen LogP contribution is 2.34. The van der Waals surface area contributed by atoms with Gasteiger partial charge in [0.15, 0.2) is 0 Å². The smallest absolute Gasteiger partial charge is 0.341 e. The van der Waals surface area contributed by atoms with E-state index in [1.54, 1.807) is 6.92 Å². The average Bonchev–Trinajstić information content (AvgIpc) is 3.38. The molecule has 0 N–H and O–H groups in total. The number of fused-ring (bicyclic) bond motifs is 1. The summed E-state index contributed by atoms with van der Waals surface area (Å²) in [6.07, 6.45) is 1.45. The Morgan fingerprint density at radius 3 is 2.58 bits per heavy atom. The topological polar surface area (TPSA) is 57.7 Å². The third-order valence-electron chi connectivity index (χ3n) is 4.33. The third-order valence-corrected chi connectivity index (χ3v) is 6.88. The minimum Gasteiger partial charge on any atom is -0.489 e. The quantitative estimate of drug-likeness (QED) is 0.195. The van der Waals surface area contributed by atoms with Crippen molar-refractivity contribution in [1.29, 1.82) is 0 Å². The van der Waals surface area contributed by atoms with E-state index in [1.165, 1.54) is 28.9 Å². The molecule has 0 aliphatic rings. The van der Waals surface area contributed by atoms with Crippen molar-refractivity contribution in [2.24, 2.45) is 0 Å². The van der Waals surface area contributed by atoms with Crippen LogP contribution in [-0.4, -0.2) is 17.6 Å². The minimum absolute atomic E-state index is 0.275. The predicted molar refractivity (Wildman–Crippen MR) is 125 cm³/mol. The molecule has 0 spiro atoms. The molecule has 4 rings (SSSR count). The van der Waals surface area contributed by atoms with Gasteiger partial charge in [-0.25, -0.2) is 9.78 Å². The first-order valence-corrected chi connectivity index (χ1v) is 11.8. The summed E-state index contributed by atoms with van der Waals surface area (Å²) in [5.74, 6) is 0.941. The Kier molecular flexibility index (Phi) is 6.97. The molecule has 0 fully saturated rings. The molecule has 0 saturated heterocycles. The molecular weight excluding hydrogens is 477 g/mol. The number of nitrogens with zero attached hydrogens (tertiary/aromatic N) is 1. The van der Waals surface area contributed by atoms with Gasteiger partial charge in [-0.3, -0.25) is 0 Å². The molecule has 0 atom stereocenters. The van der Waals surface area contributed by atoms with E-state index in [1.807, 2.05) is 41.8 Å². The van der Waals surface area contributed by atoms with Crippen LogP contribution in [0.2, 0.25) is 9.49 Å². The van der Waals surface area contributed by atoms with E-state index < -0.39 is 5.97 Å². The van der Waals surface area contributed by atoms with Gasteiger partial charge in [0.25, 0.3) is 0 Å². The Bertz CT molecular complexity index is 1220. The van der Waals surface area contributed by atoms with E-state index in [2.05, 4.69) is 4.98 Å². The lowest BCUT2D eigenvalue weighted by Gasteiger charge is -2.09. The van der Waals surface area contributed by atoms with Crippen LogP contribution in [0.15, 0.2) is 48.0 Å². The van der Waals surface area contributed by atoms with Gasteiger partial charge in [0, 0.05) is 28.1 Å². The van der Waals surface area contributed by atoms with Crippen molar-refractivity contribution >= 4 is 61.9 Å². The number of hydrogen-bond donors (Lipinski definition) is 0. The number of carbonyl (C=O) groups is 1. The second kappa shape index (κ2) is 9.87. The molecule has 0 unspecified atom stereocenters. The van der Waals surface area contributed by atoms with Crippen molar-refractivity contribution < 1.29 is 19.0 Å². The summed E-state index contributed by atoms with van der Waals surface area (Å²) < 4.78 is 18.4. The molecular formula is C22H17Cl2NO4S2. The number of rotatable bonds is 8. The van der Waals surface area contributed by atoms with E-state index >= 15 is 0 Å². The molecule has 5 nitrogen and oxygen atoms in total. The van der Waals surface area contributed by atoms with Gasteiger partial charge in [-0.05, 0) is 36.6 Å². The molecule has 3 aromatic heterocycles. The van der Waals surface area contributed by atoms with Crippen molar-refractivity contribution in [1.82, 2.24) is 4.98 Å². The summed E-state index contributed by atoms with van der Waals surface area (Å²) in [6.45, 7) is 2.77. The van der Waals surface area contributed by atoms with Crippen LogP contribution in [0, 0.1) is 0 Å². The van der Waals surface area contributed by atoms with Gasteiger partial charge in [-0.15, -0.1) is 22.7 Å². The van der Waals surface area contributed by atoms with Crippen molar-refractivity contribution in [2.75, 3.05) is 6.61 Å². The highest BCUT2D eigenvalue weighted by molar-refractivity contribution is 7.18. The largest absolute Gasteiger partial charge is 0.489 e. The zero-order valence-corrected chi connectivity index (χ0v) is 19.5. The standard InChI is InChI=1S/C22H17Cl2NO4S2/c1-2-27-22(26)17-9-25-21(24)19-13(12-30-20(17)19)10-28-14-4-3-5-15(8-14)29-11-16-6-7-18(23)31-16/h3-9,12H,2,10-11H2,1H3. The summed E-state index contributed by atoms with van der Waals surface area (Å²) in [6, 6.07) is 11.2. The summed E-state index contributed by atoms with van der Waals surface area (Å²) >= 11 is 15.2. The van der Waals surface area contributed by atoms with Crippen LogP contribution in [0.5, 0.6) is 11.5 Å². The second-order valence-electron chi connectivity index (χ2n) is 6.41. The van der Waals surface area contributed by atoms with E-state index in [4.69, 9.17) is 37.4 Å². The van der Waals surface area contributed by atoms with Crippen LogP contribution in [0.4, 0.5) is 0 Å². The fraction of sp³-hybridized carbons (Fsp3) is 0.182. The molecule has 0 bridgehead atoms. The van der Waals surface area contributed by atoms with Crippen LogP contribution in [0.25, 0.3) is 10.1 Å². The van der Waals surface area contributed by atoms with Crippen molar-refractivity contribution in [3.63, 3.8) is 0 Å². The molecule has 31 heavy (non-hydrogen) atoms. The number of carbonyl (C=O) groups excluding carboxylic acids is 1. The van der Waals surface area contributed by atoms with E-state index in [0.717, 1.165) is 19.5 Å². The van der Waals surface area contributed by atoms with Gasteiger partial charge in [0.05, 0.1) is 21.2 Å².